The summed E-state index contributed by atoms with van der Waals surface area (Å²) in [6.45, 7) is 6.98. The number of hydrogen-bond acceptors (Lipinski definition) is 0. The second-order valence-corrected chi connectivity index (χ2v) is 8.39. The van der Waals surface area contributed by atoms with Gasteiger partial charge in [-0.2, -0.15) is 0 Å². The summed E-state index contributed by atoms with van der Waals surface area (Å²) >= 11 is 2.72. The number of halogens is 1. The van der Waals surface area contributed by atoms with Gasteiger partial charge in [-0.25, -0.2) is 0 Å². The molecular weight excluding hydrogens is 319 g/mol. The monoisotopic (exact) mass is 342 g/mol. The Kier molecular flexibility index (Phi) is 3.86. The minimum absolute atomic E-state index is 0.256. The molecule has 0 heterocycles. The molecule has 94 valence electrons. The Hall–Kier alpha value is -0.0500. The molecule has 0 amide bonds. The molecule has 17 heavy (non-hydrogen) atoms. The fraction of sp³-hybridized carbons (Fsp3) is 0.625. The van der Waals surface area contributed by atoms with E-state index in [9.17, 15) is 0 Å². The molecule has 0 aliphatic heterocycles. The first-order valence-electron chi connectivity index (χ1n) is 6.72. The standard InChI is InChI=1S/C16H23I/c1-15(2,3)13-9-5-6-10-14(13)16(17)11-7-4-8-12-16/h5-6,9-10H,4,7-8,11-12H2,1-3H3. The Balaban J connectivity index is 2.44. The Bertz CT molecular complexity index is 381. The second-order valence-electron chi connectivity index (χ2n) is 6.32. The zero-order chi connectivity index (χ0) is 12.5. The van der Waals surface area contributed by atoms with Crippen molar-refractivity contribution >= 4 is 22.6 Å². The van der Waals surface area contributed by atoms with E-state index in [1.807, 2.05) is 0 Å². The van der Waals surface area contributed by atoms with Crippen LogP contribution < -0.4 is 0 Å². The van der Waals surface area contributed by atoms with Gasteiger partial charge in [-0.05, 0) is 29.4 Å². The molecule has 0 nitrogen and oxygen atoms in total. The molecule has 0 spiro atoms. The first-order chi connectivity index (χ1) is 7.93. The van der Waals surface area contributed by atoms with E-state index in [2.05, 4.69) is 67.6 Å². The summed E-state index contributed by atoms with van der Waals surface area (Å²) in [4.78, 5) is 0. The van der Waals surface area contributed by atoms with Gasteiger partial charge in [0.15, 0.2) is 0 Å². The maximum atomic E-state index is 2.72. The Morgan fingerprint density at radius 1 is 1.00 bits per heavy atom. The molecule has 0 N–H and O–H groups in total. The van der Waals surface area contributed by atoms with Crippen LogP contribution in [0, 0.1) is 0 Å². The average Bonchev–Trinajstić information content (AvgIpc) is 2.29. The van der Waals surface area contributed by atoms with Crippen molar-refractivity contribution < 1.29 is 0 Å². The van der Waals surface area contributed by atoms with E-state index >= 15 is 0 Å². The lowest BCUT2D eigenvalue weighted by Gasteiger charge is -2.36. The van der Waals surface area contributed by atoms with Crippen LogP contribution in [0.5, 0.6) is 0 Å². The summed E-state index contributed by atoms with van der Waals surface area (Å²) in [5, 5.41) is 0. The minimum Gasteiger partial charge on any atom is -0.0736 e. The van der Waals surface area contributed by atoms with Gasteiger partial charge in [0.1, 0.15) is 0 Å². The molecule has 0 radical (unpaired) electrons. The highest BCUT2D eigenvalue weighted by molar-refractivity contribution is 14.1. The van der Waals surface area contributed by atoms with E-state index in [0.29, 0.717) is 3.42 Å². The van der Waals surface area contributed by atoms with Crippen LogP contribution in [-0.2, 0) is 8.84 Å². The van der Waals surface area contributed by atoms with Crippen molar-refractivity contribution in [1.29, 1.82) is 0 Å². The zero-order valence-electron chi connectivity index (χ0n) is 11.2. The van der Waals surface area contributed by atoms with Crippen LogP contribution >= 0.6 is 22.6 Å². The second kappa shape index (κ2) is 4.91. The molecule has 1 aliphatic rings. The SMILES string of the molecule is CC(C)(C)c1ccccc1C1(I)CCCCC1. The summed E-state index contributed by atoms with van der Waals surface area (Å²) in [5.41, 5.74) is 3.38. The molecule has 1 aromatic carbocycles. The molecule has 1 heteroatoms. The van der Waals surface area contributed by atoms with Gasteiger partial charge >= 0.3 is 0 Å². The lowest BCUT2D eigenvalue weighted by Crippen LogP contribution is -2.26. The number of alkyl halides is 1. The van der Waals surface area contributed by atoms with Gasteiger partial charge in [0.05, 0.1) is 0 Å². The molecule has 0 saturated heterocycles. The fourth-order valence-electron chi connectivity index (χ4n) is 2.91. The van der Waals surface area contributed by atoms with E-state index in [-0.39, 0.29) is 5.41 Å². The molecule has 2 rings (SSSR count). The summed E-state index contributed by atoms with van der Waals surface area (Å²) in [7, 11) is 0. The van der Waals surface area contributed by atoms with E-state index in [1.165, 1.54) is 37.7 Å². The van der Waals surface area contributed by atoms with Crippen molar-refractivity contribution in [3.63, 3.8) is 0 Å². The van der Waals surface area contributed by atoms with Gasteiger partial charge in [-0.3, -0.25) is 0 Å². The van der Waals surface area contributed by atoms with E-state index in [1.54, 1.807) is 5.56 Å². The molecule has 1 fully saturated rings. The van der Waals surface area contributed by atoms with E-state index < -0.39 is 0 Å². The highest BCUT2D eigenvalue weighted by atomic mass is 127. The van der Waals surface area contributed by atoms with Crippen LogP contribution in [0.4, 0.5) is 0 Å². The lowest BCUT2D eigenvalue weighted by atomic mass is 9.75. The van der Waals surface area contributed by atoms with Gasteiger partial charge < -0.3 is 0 Å². The van der Waals surface area contributed by atoms with Gasteiger partial charge in [0.2, 0.25) is 0 Å². The molecule has 0 atom stereocenters. The summed E-state index contributed by atoms with van der Waals surface area (Å²) in [5.74, 6) is 0. The van der Waals surface area contributed by atoms with Crippen LogP contribution in [0.1, 0.15) is 64.0 Å². The van der Waals surface area contributed by atoms with Crippen LogP contribution in [0.25, 0.3) is 0 Å². The van der Waals surface area contributed by atoms with Gasteiger partial charge in [0.25, 0.3) is 0 Å². The van der Waals surface area contributed by atoms with Crippen molar-refractivity contribution in [1.82, 2.24) is 0 Å². The normalized spacial score (nSPS) is 20.2. The quantitative estimate of drug-likeness (QED) is 0.462. The number of benzene rings is 1. The van der Waals surface area contributed by atoms with Crippen molar-refractivity contribution in [2.75, 3.05) is 0 Å². The van der Waals surface area contributed by atoms with Crippen molar-refractivity contribution in [2.24, 2.45) is 0 Å². The third-order valence-corrected chi connectivity index (χ3v) is 5.52. The van der Waals surface area contributed by atoms with Crippen LogP contribution in [-0.4, -0.2) is 0 Å². The fourth-order valence-corrected chi connectivity index (χ4v) is 4.14. The van der Waals surface area contributed by atoms with E-state index in [0.717, 1.165) is 0 Å². The lowest BCUT2D eigenvalue weighted by molar-refractivity contribution is 0.417. The Morgan fingerprint density at radius 3 is 2.18 bits per heavy atom. The van der Waals surface area contributed by atoms with Gasteiger partial charge in [-0.15, -0.1) is 0 Å². The number of rotatable bonds is 1. The largest absolute Gasteiger partial charge is 0.0736 e. The highest BCUT2D eigenvalue weighted by Gasteiger charge is 2.34. The van der Waals surface area contributed by atoms with Crippen molar-refractivity contribution in [2.45, 2.75) is 61.7 Å². The molecule has 1 aliphatic carbocycles. The smallest absolute Gasteiger partial charge is 0.0473 e. The summed E-state index contributed by atoms with van der Waals surface area (Å²) in [6.07, 6.45) is 6.90. The zero-order valence-corrected chi connectivity index (χ0v) is 13.4. The van der Waals surface area contributed by atoms with Crippen LogP contribution in [0.3, 0.4) is 0 Å². The maximum Gasteiger partial charge on any atom is 0.0473 e. The number of hydrogen-bond donors (Lipinski definition) is 0. The predicted octanol–water partition coefficient (Wildman–Crippen LogP) is 5.58. The minimum atomic E-state index is 0.256. The topological polar surface area (TPSA) is 0 Å². The highest BCUT2D eigenvalue weighted by Crippen LogP contribution is 2.48. The first-order valence-corrected chi connectivity index (χ1v) is 7.80. The van der Waals surface area contributed by atoms with Crippen molar-refractivity contribution in [3.05, 3.63) is 35.4 Å². The van der Waals surface area contributed by atoms with Crippen molar-refractivity contribution in [3.8, 4) is 0 Å². The maximum absolute atomic E-state index is 2.72. The Morgan fingerprint density at radius 2 is 1.59 bits per heavy atom. The summed E-state index contributed by atoms with van der Waals surface area (Å²) in [6, 6.07) is 9.08. The Labute approximate surface area is 119 Å². The first kappa shape index (κ1) is 13.4. The van der Waals surface area contributed by atoms with Crippen LogP contribution in [0.15, 0.2) is 24.3 Å². The molecule has 0 bridgehead atoms. The van der Waals surface area contributed by atoms with Gasteiger partial charge in [0, 0.05) is 3.42 Å². The average molecular weight is 342 g/mol. The molecular formula is C16H23I. The molecule has 0 unspecified atom stereocenters. The third-order valence-electron chi connectivity index (χ3n) is 3.86. The molecule has 1 aromatic rings. The van der Waals surface area contributed by atoms with Gasteiger partial charge in [-0.1, -0.05) is 86.9 Å². The predicted molar refractivity (Wildman–Crippen MR) is 83.9 cm³/mol. The third kappa shape index (κ3) is 2.86. The molecule has 0 aromatic heterocycles. The van der Waals surface area contributed by atoms with E-state index in [4.69, 9.17) is 0 Å². The molecule has 1 saturated carbocycles. The summed E-state index contributed by atoms with van der Waals surface area (Å²) < 4.78 is 0.389. The van der Waals surface area contributed by atoms with Crippen LogP contribution in [0.2, 0.25) is 0 Å².